The van der Waals surface area contributed by atoms with Crippen molar-refractivity contribution in [3.63, 3.8) is 0 Å². The molecule has 1 atom stereocenters. The maximum absolute atomic E-state index is 12.0. The Kier molecular flexibility index (Phi) is 3.75. The number of piperazine rings is 1. The highest BCUT2D eigenvalue weighted by Gasteiger charge is 2.30. The fourth-order valence-electron chi connectivity index (χ4n) is 2.39. The highest BCUT2D eigenvalue weighted by Crippen LogP contribution is 2.34. The Bertz CT molecular complexity index is 644. The van der Waals surface area contributed by atoms with Crippen LogP contribution in [0.2, 0.25) is 0 Å². The van der Waals surface area contributed by atoms with Crippen molar-refractivity contribution in [3.05, 3.63) is 6.33 Å². The van der Waals surface area contributed by atoms with Crippen LogP contribution in [0.3, 0.4) is 0 Å². The summed E-state index contributed by atoms with van der Waals surface area (Å²) in [6.45, 7) is 3.43. The Morgan fingerprint density at radius 1 is 1.55 bits per heavy atom. The minimum absolute atomic E-state index is 0.0696. The van der Waals surface area contributed by atoms with E-state index in [4.69, 9.17) is 0 Å². The molecule has 6 nitrogen and oxygen atoms in total. The SMILES string of the molecule is CCC1C(=O)NCCN1c1ncnc2nc(SC)sc12. The van der Waals surface area contributed by atoms with Crippen LogP contribution in [0.1, 0.15) is 13.3 Å². The van der Waals surface area contributed by atoms with E-state index in [1.165, 1.54) is 6.33 Å². The summed E-state index contributed by atoms with van der Waals surface area (Å²) in [7, 11) is 0. The van der Waals surface area contributed by atoms with Crippen molar-refractivity contribution in [2.45, 2.75) is 23.7 Å². The molecule has 2 aromatic rings. The summed E-state index contributed by atoms with van der Waals surface area (Å²) < 4.78 is 1.93. The summed E-state index contributed by atoms with van der Waals surface area (Å²) in [5.41, 5.74) is 0.713. The van der Waals surface area contributed by atoms with E-state index >= 15 is 0 Å². The number of hydrogen-bond donors (Lipinski definition) is 1. The molecule has 3 heterocycles. The maximum Gasteiger partial charge on any atom is 0.242 e. The van der Waals surface area contributed by atoms with Gasteiger partial charge in [0.25, 0.3) is 0 Å². The van der Waals surface area contributed by atoms with E-state index in [1.54, 1.807) is 23.1 Å². The molecule has 0 aromatic carbocycles. The molecule has 1 aliphatic heterocycles. The largest absolute Gasteiger partial charge is 0.353 e. The number of thiazole rings is 1. The number of amides is 1. The van der Waals surface area contributed by atoms with E-state index in [0.29, 0.717) is 12.2 Å². The summed E-state index contributed by atoms with van der Waals surface area (Å²) >= 11 is 3.18. The van der Waals surface area contributed by atoms with Crippen molar-refractivity contribution in [2.75, 3.05) is 24.2 Å². The number of hydrogen-bond acceptors (Lipinski definition) is 7. The number of carbonyl (C=O) groups is 1. The van der Waals surface area contributed by atoms with Gasteiger partial charge in [0.2, 0.25) is 5.91 Å². The quantitative estimate of drug-likeness (QED) is 0.867. The van der Waals surface area contributed by atoms with E-state index in [-0.39, 0.29) is 11.9 Å². The van der Waals surface area contributed by atoms with Crippen LogP contribution in [-0.4, -0.2) is 46.2 Å². The van der Waals surface area contributed by atoms with Crippen molar-refractivity contribution in [2.24, 2.45) is 0 Å². The normalized spacial score (nSPS) is 19.4. The van der Waals surface area contributed by atoms with Gasteiger partial charge >= 0.3 is 0 Å². The van der Waals surface area contributed by atoms with E-state index in [2.05, 4.69) is 25.2 Å². The number of nitrogens with zero attached hydrogens (tertiary/aromatic N) is 4. The lowest BCUT2D eigenvalue weighted by Gasteiger charge is -2.35. The first kappa shape index (κ1) is 13.6. The molecule has 2 aromatic heterocycles. The molecule has 1 aliphatic rings. The van der Waals surface area contributed by atoms with Gasteiger partial charge in [0, 0.05) is 13.1 Å². The van der Waals surface area contributed by atoms with Crippen molar-refractivity contribution in [3.8, 4) is 0 Å². The molecule has 3 rings (SSSR count). The lowest BCUT2D eigenvalue weighted by molar-refractivity contribution is -0.123. The molecular formula is C12H15N5OS2. The zero-order chi connectivity index (χ0) is 14.1. The number of nitrogens with one attached hydrogen (secondary N) is 1. The average molecular weight is 309 g/mol. The molecule has 8 heteroatoms. The van der Waals surface area contributed by atoms with Gasteiger partial charge in [0.1, 0.15) is 17.1 Å². The first-order valence-electron chi connectivity index (χ1n) is 6.44. The smallest absolute Gasteiger partial charge is 0.242 e. The summed E-state index contributed by atoms with van der Waals surface area (Å²) in [6, 6.07) is -0.165. The molecule has 1 unspecified atom stereocenters. The molecule has 0 saturated carbocycles. The second-order valence-corrected chi connectivity index (χ2v) is 6.49. The second kappa shape index (κ2) is 5.53. The Morgan fingerprint density at radius 2 is 2.40 bits per heavy atom. The number of aromatic nitrogens is 3. The minimum atomic E-state index is -0.165. The molecule has 1 fully saturated rings. The number of anilines is 1. The summed E-state index contributed by atoms with van der Waals surface area (Å²) in [5.74, 6) is 0.898. The fourth-order valence-corrected chi connectivity index (χ4v) is 3.91. The first-order valence-corrected chi connectivity index (χ1v) is 8.48. The third-order valence-electron chi connectivity index (χ3n) is 3.32. The van der Waals surface area contributed by atoms with Crippen molar-refractivity contribution < 1.29 is 4.79 Å². The number of fused-ring (bicyclic) bond motifs is 1. The molecule has 0 spiro atoms. The molecule has 1 saturated heterocycles. The molecule has 0 bridgehead atoms. The molecule has 1 amide bonds. The summed E-state index contributed by atoms with van der Waals surface area (Å²) in [5, 5.41) is 2.91. The van der Waals surface area contributed by atoms with Gasteiger partial charge in [0.05, 0.1) is 0 Å². The molecule has 1 N–H and O–H groups in total. The van der Waals surface area contributed by atoms with Gasteiger partial charge < -0.3 is 10.2 Å². The van der Waals surface area contributed by atoms with Gasteiger partial charge in [-0.2, -0.15) is 0 Å². The predicted molar refractivity (Wildman–Crippen MR) is 81.4 cm³/mol. The number of thioether (sulfide) groups is 1. The molecule has 20 heavy (non-hydrogen) atoms. The maximum atomic E-state index is 12.0. The van der Waals surface area contributed by atoms with Crippen LogP contribution < -0.4 is 10.2 Å². The van der Waals surface area contributed by atoms with Gasteiger partial charge in [-0.25, -0.2) is 15.0 Å². The van der Waals surface area contributed by atoms with Crippen molar-refractivity contribution in [1.29, 1.82) is 0 Å². The minimum Gasteiger partial charge on any atom is -0.353 e. The Morgan fingerprint density at radius 3 is 3.15 bits per heavy atom. The van der Waals surface area contributed by atoms with Gasteiger partial charge in [0.15, 0.2) is 15.8 Å². The van der Waals surface area contributed by atoms with Crippen molar-refractivity contribution in [1.82, 2.24) is 20.3 Å². The van der Waals surface area contributed by atoms with Crippen LogP contribution in [0.4, 0.5) is 5.82 Å². The highest BCUT2D eigenvalue weighted by molar-refractivity contribution is 8.00. The molecule has 0 radical (unpaired) electrons. The lowest BCUT2D eigenvalue weighted by atomic mass is 10.1. The van der Waals surface area contributed by atoms with Crippen LogP contribution in [-0.2, 0) is 4.79 Å². The van der Waals surface area contributed by atoms with Crippen LogP contribution in [0, 0.1) is 0 Å². The van der Waals surface area contributed by atoms with E-state index < -0.39 is 0 Å². The van der Waals surface area contributed by atoms with Gasteiger partial charge in [-0.3, -0.25) is 4.79 Å². The van der Waals surface area contributed by atoms with Crippen molar-refractivity contribution >= 4 is 45.2 Å². The van der Waals surface area contributed by atoms with Crippen LogP contribution >= 0.6 is 23.1 Å². The lowest BCUT2D eigenvalue weighted by Crippen LogP contribution is -2.55. The van der Waals surface area contributed by atoms with Crippen LogP contribution in [0.15, 0.2) is 10.7 Å². The van der Waals surface area contributed by atoms with Crippen LogP contribution in [0.5, 0.6) is 0 Å². The fraction of sp³-hybridized carbons (Fsp3) is 0.500. The van der Waals surface area contributed by atoms with Crippen LogP contribution in [0.25, 0.3) is 10.3 Å². The average Bonchev–Trinajstić information content (AvgIpc) is 2.90. The second-order valence-electron chi connectivity index (χ2n) is 4.44. The predicted octanol–water partition coefficient (Wildman–Crippen LogP) is 1.52. The Hall–Kier alpha value is -1.41. The Labute approximate surface area is 125 Å². The zero-order valence-corrected chi connectivity index (χ0v) is 12.9. The molecule has 106 valence electrons. The highest BCUT2D eigenvalue weighted by atomic mass is 32.2. The monoisotopic (exact) mass is 309 g/mol. The van der Waals surface area contributed by atoms with E-state index in [9.17, 15) is 4.79 Å². The standard InChI is InChI=1S/C12H15N5OS2/c1-3-7-11(18)13-4-5-17(7)10-8-9(14-6-15-10)16-12(19-2)20-8/h6-7H,3-5H2,1-2H3,(H,13,18). The number of carbonyl (C=O) groups excluding carboxylic acids is 1. The van der Waals surface area contributed by atoms with E-state index in [1.807, 2.05) is 13.2 Å². The van der Waals surface area contributed by atoms with E-state index in [0.717, 1.165) is 27.8 Å². The third kappa shape index (κ3) is 2.22. The van der Waals surface area contributed by atoms with Gasteiger partial charge in [-0.1, -0.05) is 18.7 Å². The third-order valence-corrected chi connectivity index (χ3v) is 5.34. The van der Waals surface area contributed by atoms with Gasteiger partial charge in [-0.05, 0) is 12.7 Å². The zero-order valence-electron chi connectivity index (χ0n) is 11.3. The first-order chi connectivity index (χ1) is 9.74. The Balaban J connectivity index is 2.08. The summed E-state index contributed by atoms with van der Waals surface area (Å²) in [4.78, 5) is 27.2. The van der Waals surface area contributed by atoms with Gasteiger partial charge in [-0.15, -0.1) is 11.3 Å². The topological polar surface area (TPSA) is 71.0 Å². The molecule has 0 aliphatic carbocycles. The molecular weight excluding hydrogens is 294 g/mol. The number of rotatable bonds is 3. The summed E-state index contributed by atoms with van der Waals surface area (Å²) in [6.07, 6.45) is 4.28.